The molecule has 0 unspecified atom stereocenters. The molecule has 0 aliphatic rings. The van der Waals surface area contributed by atoms with E-state index in [1.165, 1.54) is 13.2 Å². The van der Waals surface area contributed by atoms with E-state index in [0.29, 0.717) is 27.7 Å². The van der Waals surface area contributed by atoms with E-state index in [0.717, 1.165) is 5.56 Å². The number of rotatable bonds is 3. The van der Waals surface area contributed by atoms with E-state index in [4.69, 9.17) is 4.74 Å². The minimum absolute atomic E-state index is 0.0382. The van der Waals surface area contributed by atoms with Gasteiger partial charge in [0, 0.05) is 16.6 Å². The van der Waals surface area contributed by atoms with Gasteiger partial charge in [-0.05, 0) is 49.7 Å². The van der Waals surface area contributed by atoms with Gasteiger partial charge in [-0.1, -0.05) is 17.7 Å². The summed E-state index contributed by atoms with van der Waals surface area (Å²) >= 11 is 0. The number of fused-ring (bicyclic) bond motifs is 1. The number of nitrogens with zero attached hydrogens (tertiary/aromatic N) is 1. The number of carbonyl (C=O) groups excluding carboxylic acids is 2. The molecular weight excluding hydrogens is 318 g/mol. The van der Waals surface area contributed by atoms with Crippen molar-refractivity contribution in [2.75, 3.05) is 7.11 Å². The van der Waals surface area contributed by atoms with E-state index in [9.17, 15) is 14.7 Å². The lowest BCUT2D eigenvalue weighted by atomic mass is 10.1. The Kier molecular flexibility index (Phi) is 4.31. The lowest BCUT2D eigenvalue weighted by molar-refractivity contribution is -0.139. The number of esters is 1. The van der Waals surface area contributed by atoms with Crippen molar-refractivity contribution in [3.8, 4) is 5.75 Å². The van der Waals surface area contributed by atoms with Crippen LogP contribution in [0, 0.1) is 13.8 Å². The molecule has 5 nitrogen and oxygen atoms in total. The van der Waals surface area contributed by atoms with Gasteiger partial charge in [-0.25, -0.2) is 0 Å². The quantitative estimate of drug-likeness (QED) is 0.744. The third kappa shape index (κ3) is 3.01. The second-order valence-corrected chi connectivity index (χ2v) is 6.02. The van der Waals surface area contributed by atoms with Crippen LogP contribution in [0.1, 0.15) is 27.2 Å². The Morgan fingerprint density at radius 1 is 1.08 bits per heavy atom. The number of hydrogen-bond donors (Lipinski definition) is 1. The van der Waals surface area contributed by atoms with Crippen LogP contribution in [0.5, 0.6) is 5.75 Å². The molecule has 25 heavy (non-hydrogen) atoms. The van der Waals surface area contributed by atoms with E-state index in [1.54, 1.807) is 35.8 Å². The fraction of sp³-hybridized carbons (Fsp3) is 0.200. The van der Waals surface area contributed by atoms with E-state index in [1.807, 2.05) is 19.1 Å². The second-order valence-electron chi connectivity index (χ2n) is 6.02. The van der Waals surface area contributed by atoms with Crippen LogP contribution in [0.2, 0.25) is 0 Å². The van der Waals surface area contributed by atoms with Crippen LogP contribution in [0.3, 0.4) is 0 Å². The van der Waals surface area contributed by atoms with Gasteiger partial charge in [0.05, 0.1) is 19.0 Å². The predicted octanol–water partition coefficient (Wildman–Crippen LogP) is 3.37. The molecule has 3 rings (SSSR count). The molecule has 5 heteroatoms. The zero-order valence-corrected chi connectivity index (χ0v) is 14.4. The van der Waals surface area contributed by atoms with Crippen molar-refractivity contribution in [3.05, 3.63) is 64.8 Å². The highest BCUT2D eigenvalue weighted by molar-refractivity contribution is 6.05. The molecule has 0 amide bonds. The summed E-state index contributed by atoms with van der Waals surface area (Å²) < 4.78 is 6.34. The van der Waals surface area contributed by atoms with Crippen molar-refractivity contribution >= 4 is 22.8 Å². The fourth-order valence-corrected chi connectivity index (χ4v) is 3.00. The molecule has 0 spiro atoms. The molecule has 3 aromatic rings. The molecule has 2 aromatic carbocycles. The summed E-state index contributed by atoms with van der Waals surface area (Å²) in [6.07, 6.45) is 0.0382. The van der Waals surface area contributed by atoms with Crippen LogP contribution >= 0.6 is 0 Å². The molecule has 0 saturated carbocycles. The summed E-state index contributed by atoms with van der Waals surface area (Å²) in [7, 11) is 1.33. The van der Waals surface area contributed by atoms with Gasteiger partial charge in [-0.2, -0.15) is 0 Å². The Labute approximate surface area is 145 Å². The van der Waals surface area contributed by atoms with Gasteiger partial charge >= 0.3 is 5.97 Å². The van der Waals surface area contributed by atoms with E-state index in [2.05, 4.69) is 0 Å². The molecule has 0 saturated heterocycles. The number of methoxy groups -OCH3 is 1. The Balaban J connectivity index is 2.21. The first-order valence-corrected chi connectivity index (χ1v) is 7.93. The third-order valence-corrected chi connectivity index (χ3v) is 4.37. The van der Waals surface area contributed by atoms with Crippen LogP contribution in [0.15, 0.2) is 42.5 Å². The highest BCUT2D eigenvalue weighted by Gasteiger charge is 2.21. The van der Waals surface area contributed by atoms with Crippen molar-refractivity contribution in [1.82, 2.24) is 4.57 Å². The predicted molar refractivity (Wildman–Crippen MR) is 95.0 cm³/mol. The number of aryl methyl sites for hydroxylation is 1. The topological polar surface area (TPSA) is 68.5 Å². The molecule has 1 heterocycles. The molecule has 1 N–H and O–H groups in total. The molecule has 0 atom stereocenters. The summed E-state index contributed by atoms with van der Waals surface area (Å²) in [4.78, 5) is 24.8. The molecule has 0 bridgehead atoms. The van der Waals surface area contributed by atoms with Gasteiger partial charge in [0.2, 0.25) is 0 Å². The SMILES string of the molecule is COC(=O)Cc1c(C)n(C(=O)c2ccc(C)cc2)c2ccc(O)cc12. The van der Waals surface area contributed by atoms with E-state index >= 15 is 0 Å². The lowest BCUT2D eigenvalue weighted by Crippen LogP contribution is -2.14. The monoisotopic (exact) mass is 337 g/mol. The van der Waals surface area contributed by atoms with Gasteiger partial charge < -0.3 is 9.84 Å². The van der Waals surface area contributed by atoms with Gasteiger partial charge in [-0.3, -0.25) is 14.2 Å². The van der Waals surface area contributed by atoms with Crippen molar-refractivity contribution in [2.24, 2.45) is 0 Å². The minimum Gasteiger partial charge on any atom is -0.508 e. The fourth-order valence-electron chi connectivity index (χ4n) is 3.00. The van der Waals surface area contributed by atoms with Crippen LogP contribution in [-0.2, 0) is 16.0 Å². The molecule has 0 aliphatic carbocycles. The maximum Gasteiger partial charge on any atom is 0.310 e. The number of carbonyl (C=O) groups is 2. The maximum absolute atomic E-state index is 13.0. The number of benzene rings is 2. The van der Waals surface area contributed by atoms with Gasteiger partial charge in [-0.15, -0.1) is 0 Å². The zero-order valence-electron chi connectivity index (χ0n) is 14.4. The summed E-state index contributed by atoms with van der Waals surface area (Å²) in [5.74, 6) is -0.490. The van der Waals surface area contributed by atoms with Gasteiger partial charge in [0.25, 0.3) is 5.91 Å². The average molecular weight is 337 g/mol. The summed E-state index contributed by atoms with van der Waals surface area (Å²) in [6, 6.07) is 12.1. The number of phenols is 1. The largest absolute Gasteiger partial charge is 0.508 e. The average Bonchev–Trinajstić information content (AvgIpc) is 2.86. The number of aromatic hydroxyl groups is 1. The van der Waals surface area contributed by atoms with Crippen molar-refractivity contribution in [2.45, 2.75) is 20.3 Å². The maximum atomic E-state index is 13.0. The summed E-state index contributed by atoms with van der Waals surface area (Å²) in [5.41, 5.74) is 3.62. The standard InChI is InChI=1S/C20H19NO4/c1-12-4-6-14(7-5-12)20(24)21-13(2)16(11-19(23)25-3)17-10-15(22)8-9-18(17)21/h4-10,22H,11H2,1-3H3. The van der Waals surface area contributed by atoms with Crippen molar-refractivity contribution < 1.29 is 19.4 Å². The Morgan fingerprint density at radius 3 is 2.40 bits per heavy atom. The molecule has 1 aromatic heterocycles. The minimum atomic E-state index is -0.395. The first-order valence-electron chi connectivity index (χ1n) is 7.93. The van der Waals surface area contributed by atoms with Crippen LogP contribution < -0.4 is 0 Å². The number of phenolic OH excluding ortho intramolecular Hbond substituents is 1. The van der Waals surface area contributed by atoms with Crippen molar-refractivity contribution in [3.63, 3.8) is 0 Å². The normalized spacial score (nSPS) is 10.8. The smallest absolute Gasteiger partial charge is 0.310 e. The second kappa shape index (κ2) is 6.43. The van der Waals surface area contributed by atoms with Crippen LogP contribution in [0.4, 0.5) is 0 Å². The van der Waals surface area contributed by atoms with Crippen LogP contribution in [-0.4, -0.2) is 28.7 Å². The highest BCUT2D eigenvalue weighted by atomic mass is 16.5. The van der Waals surface area contributed by atoms with E-state index in [-0.39, 0.29) is 18.1 Å². The van der Waals surface area contributed by atoms with Gasteiger partial charge in [0.15, 0.2) is 0 Å². The Morgan fingerprint density at radius 2 is 1.76 bits per heavy atom. The highest BCUT2D eigenvalue weighted by Crippen LogP contribution is 2.30. The molecule has 128 valence electrons. The first-order chi connectivity index (χ1) is 11.9. The van der Waals surface area contributed by atoms with Gasteiger partial charge in [0.1, 0.15) is 5.75 Å². The number of aromatic nitrogens is 1. The molecule has 0 aliphatic heterocycles. The molecule has 0 fully saturated rings. The molecular formula is C20H19NO4. The molecule has 0 radical (unpaired) electrons. The first kappa shape index (κ1) is 16.8. The van der Waals surface area contributed by atoms with E-state index < -0.39 is 5.97 Å². The van der Waals surface area contributed by atoms with Crippen LogP contribution in [0.25, 0.3) is 10.9 Å². The number of hydrogen-bond acceptors (Lipinski definition) is 4. The third-order valence-electron chi connectivity index (χ3n) is 4.37. The van der Waals surface area contributed by atoms with Crippen molar-refractivity contribution in [1.29, 1.82) is 0 Å². The zero-order chi connectivity index (χ0) is 18.1. The lowest BCUT2D eigenvalue weighted by Gasteiger charge is -2.08. The number of ether oxygens (including phenoxy) is 1. The Hall–Kier alpha value is -3.08. The Bertz CT molecular complexity index is 968. The summed E-state index contributed by atoms with van der Waals surface area (Å²) in [6.45, 7) is 3.75. The summed E-state index contributed by atoms with van der Waals surface area (Å²) in [5, 5.41) is 10.5.